The zero-order chi connectivity index (χ0) is 24.1. The molecule has 1 N–H and O–H groups in total. The third-order valence-corrected chi connectivity index (χ3v) is 6.72. The molecular formula is C25H26N3O5S-. The molecule has 9 heteroatoms. The Hall–Kier alpha value is -3.43. The van der Waals surface area contributed by atoms with Crippen molar-refractivity contribution in [3.8, 4) is 0 Å². The first-order valence-electron chi connectivity index (χ1n) is 11.2. The van der Waals surface area contributed by atoms with Crippen LogP contribution in [0.4, 0.5) is 16.2 Å². The van der Waals surface area contributed by atoms with E-state index in [4.69, 9.17) is 4.74 Å². The standard InChI is InChI=1S/C25H27N3O5S/c1-2-33-25(30)27-16-14-19(15-17-27)28(34(31)32)23-13-12-22(20-10-6-7-11-21(20)23)26-24(29)18-8-4-3-5-9-18/h3-13,19H,2,14-17H2,1H3,(H,26,29)(H,31,32)/p-1. The summed E-state index contributed by atoms with van der Waals surface area (Å²) in [6, 6.07) is 19.4. The fraction of sp³-hybridized carbons (Fsp3) is 0.280. The number of carbonyl (C=O) groups is 2. The van der Waals surface area contributed by atoms with Crippen LogP contribution in [0.2, 0.25) is 0 Å². The maximum atomic E-state index is 12.7. The molecule has 2 amide bonds. The third kappa shape index (κ3) is 5.05. The Kier molecular flexibility index (Phi) is 7.44. The van der Waals surface area contributed by atoms with Gasteiger partial charge in [0, 0.05) is 52.4 Å². The van der Waals surface area contributed by atoms with E-state index in [-0.39, 0.29) is 18.0 Å². The monoisotopic (exact) mass is 480 g/mol. The molecule has 8 nitrogen and oxygen atoms in total. The van der Waals surface area contributed by atoms with Crippen molar-refractivity contribution in [3.63, 3.8) is 0 Å². The van der Waals surface area contributed by atoms with E-state index >= 15 is 0 Å². The van der Waals surface area contributed by atoms with Crippen LogP contribution in [0, 0.1) is 0 Å². The van der Waals surface area contributed by atoms with Gasteiger partial charge < -0.3 is 19.5 Å². The summed E-state index contributed by atoms with van der Waals surface area (Å²) in [5, 5.41) is 4.39. The van der Waals surface area contributed by atoms with Crippen LogP contribution in [0.15, 0.2) is 66.7 Å². The summed E-state index contributed by atoms with van der Waals surface area (Å²) in [5.41, 5.74) is 1.67. The lowest BCUT2D eigenvalue weighted by molar-refractivity contribution is 0.0975. The van der Waals surface area contributed by atoms with Crippen molar-refractivity contribution in [2.75, 3.05) is 29.3 Å². The van der Waals surface area contributed by atoms with Gasteiger partial charge in [-0.2, -0.15) is 0 Å². The van der Waals surface area contributed by atoms with E-state index in [0.29, 0.717) is 54.9 Å². The second-order valence-electron chi connectivity index (χ2n) is 7.96. The van der Waals surface area contributed by atoms with Crippen molar-refractivity contribution in [1.82, 2.24) is 4.90 Å². The molecule has 1 aliphatic heterocycles. The summed E-state index contributed by atoms with van der Waals surface area (Å²) in [4.78, 5) is 26.3. The number of nitrogens with one attached hydrogen (secondary N) is 1. The minimum atomic E-state index is -2.52. The molecule has 178 valence electrons. The Labute approximate surface area is 200 Å². The van der Waals surface area contributed by atoms with Crippen LogP contribution in [0.1, 0.15) is 30.1 Å². The number of amides is 2. The number of carbonyl (C=O) groups excluding carboxylic acids is 2. The number of ether oxygens (including phenoxy) is 1. The first-order valence-corrected chi connectivity index (χ1v) is 12.2. The molecule has 0 spiro atoms. The highest BCUT2D eigenvalue weighted by atomic mass is 32.2. The molecule has 1 aliphatic rings. The fourth-order valence-corrected chi connectivity index (χ4v) is 5.04. The molecule has 1 heterocycles. The molecule has 0 bridgehead atoms. The maximum absolute atomic E-state index is 12.7. The number of anilines is 2. The van der Waals surface area contributed by atoms with E-state index in [1.54, 1.807) is 48.2 Å². The quantitative estimate of drug-likeness (QED) is 0.530. The van der Waals surface area contributed by atoms with Gasteiger partial charge in [-0.3, -0.25) is 13.3 Å². The average Bonchev–Trinajstić information content (AvgIpc) is 2.86. The molecule has 0 radical (unpaired) electrons. The van der Waals surface area contributed by atoms with Gasteiger partial charge in [0.15, 0.2) is 0 Å². The molecule has 1 saturated heterocycles. The Morgan fingerprint density at radius 1 is 1.03 bits per heavy atom. The topological polar surface area (TPSA) is 102 Å². The van der Waals surface area contributed by atoms with Gasteiger partial charge in [-0.15, -0.1) is 0 Å². The fourth-order valence-electron chi connectivity index (χ4n) is 4.26. The average molecular weight is 481 g/mol. The zero-order valence-electron chi connectivity index (χ0n) is 18.8. The zero-order valence-corrected chi connectivity index (χ0v) is 19.6. The smallest absolute Gasteiger partial charge is 0.409 e. The van der Waals surface area contributed by atoms with E-state index in [0.717, 1.165) is 5.39 Å². The van der Waals surface area contributed by atoms with Gasteiger partial charge in [-0.05, 0) is 44.0 Å². The summed E-state index contributed by atoms with van der Waals surface area (Å²) >= 11 is -2.52. The van der Waals surface area contributed by atoms with E-state index in [2.05, 4.69) is 5.32 Å². The number of nitrogens with zero attached hydrogens (tertiary/aromatic N) is 2. The van der Waals surface area contributed by atoms with E-state index in [9.17, 15) is 18.4 Å². The molecule has 1 unspecified atom stereocenters. The summed E-state index contributed by atoms with van der Waals surface area (Å²) < 4.78 is 31.2. The van der Waals surface area contributed by atoms with Gasteiger partial charge in [0.1, 0.15) is 0 Å². The normalized spacial score (nSPS) is 15.1. The molecule has 0 aromatic heterocycles. The molecule has 3 aromatic rings. The van der Waals surface area contributed by atoms with E-state index in [1.807, 2.05) is 30.3 Å². The van der Waals surface area contributed by atoms with Crippen LogP contribution in [0.3, 0.4) is 0 Å². The molecule has 34 heavy (non-hydrogen) atoms. The first-order chi connectivity index (χ1) is 16.5. The van der Waals surface area contributed by atoms with Crippen molar-refractivity contribution in [2.45, 2.75) is 25.8 Å². The minimum absolute atomic E-state index is 0.242. The summed E-state index contributed by atoms with van der Waals surface area (Å²) in [6.07, 6.45) is 0.612. The van der Waals surface area contributed by atoms with Crippen molar-refractivity contribution >= 4 is 45.4 Å². The predicted octanol–water partition coefficient (Wildman–Crippen LogP) is 4.31. The number of benzene rings is 3. The lowest BCUT2D eigenvalue weighted by atomic mass is 10.0. The van der Waals surface area contributed by atoms with Gasteiger partial charge in [0.05, 0.1) is 12.3 Å². The van der Waals surface area contributed by atoms with Gasteiger partial charge >= 0.3 is 6.09 Å². The predicted molar refractivity (Wildman–Crippen MR) is 131 cm³/mol. The first kappa shape index (κ1) is 23.7. The lowest BCUT2D eigenvalue weighted by Crippen LogP contribution is -2.47. The number of hydrogen-bond donors (Lipinski definition) is 1. The Bertz CT molecular complexity index is 1200. The van der Waals surface area contributed by atoms with Crippen LogP contribution in [-0.2, 0) is 16.0 Å². The number of likely N-dealkylation sites (tertiary alicyclic amines) is 1. The summed E-state index contributed by atoms with van der Waals surface area (Å²) in [5.74, 6) is -0.242. The second kappa shape index (κ2) is 10.7. The van der Waals surface area contributed by atoms with Crippen LogP contribution in [-0.4, -0.2) is 51.4 Å². The minimum Gasteiger partial charge on any atom is -0.755 e. The number of rotatable bonds is 6. The Morgan fingerprint density at radius 2 is 1.68 bits per heavy atom. The molecule has 1 fully saturated rings. The van der Waals surface area contributed by atoms with Crippen LogP contribution in [0.25, 0.3) is 10.8 Å². The van der Waals surface area contributed by atoms with Crippen molar-refractivity contribution in [2.24, 2.45) is 0 Å². The number of piperidine rings is 1. The van der Waals surface area contributed by atoms with Gasteiger partial charge in [0.2, 0.25) is 0 Å². The number of hydrogen-bond acceptors (Lipinski definition) is 5. The van der Waals surface area contributed by atoms with Crippen molar-refractivity contribution in [1.29, 1.82) is 0 Å². The highest BCUT2D eigenvalue weighted by Gasteiger charge is 2.29. The van der Waals surface area contributed by atoms with E-state index < -0.39 is 11.3 Å². The van der Waals surface area contributed by atoms with Crippen molar-refractivity contribution < 1.29 is 23.1 Å². The van der Waals surface area contributed by atoms with Crippen LogP contribution >= 0.6 is 0 Å². The van der Waals surface area contributed by atoms with Gasteiger partial charge in [-0.1, -0.05) is 42.5 Å². The Morgan fingerprint density at radius 3 is 2.32 bits per heavy atom. The Balaban J connectivity index is 1.62. The molecular weight excluding hydrogens is 454 g/mol. The maximum Gasteiger partial charge on any atom is 0.409 e. The summed E-state index contributed by atoms with van der Waals surface area (Å²) in [7, 11) is 0. The SMILES string of the molecule is CCOC(=O)N1CCC(N(c2ccc(NC(=O)c3ccccc3)c3ccccc23)S(=O)[O-])CC1. The molecule has 3 aromatic carbocycles. The van der Waals surface area contributed by atoms with Crippen molar-refractivity contribution in [3.05, 3.63) is 72.3 Å². The second-order valence-corrected chi connectivity index (χ2v) is 8.79. The molecule has 1 atom stereocenters. The molecule has 4 rings (SSSR count). The lowest BCUT2D eigenvalue weighted by Gasteiger charge is -2.40. The molecule has 0 saturated carbocycles. The van der Waals surface area contributed by atoms with E-state index in [1.165, 1.54) is 4.31 Å². The summed E-state index contributed by atoms with van der Waals surface area (Å²) in [6.45, 7) is 2.89. The largest absolute Gasteiger partial charge is 0.755 e. The third-order valence-electron chi connectivity index (χ3n) is 5.91. The van der Waals surface area contributed by atoms with Gasteiger partial charge in [-0.25, -0.2) is 4.79 Å². The number of fused-ring (bicyclic) bond motifs is 1. The van der Waals surface area contributed by atoms with Crippen LogP contribution < -0.4 is 9.62 Å². The highest BCUT2D eigenvalue weighted by Crippen LogP contribution is 2.36. The molecule has 0 aliphatic carbocycles. The van der Waals surface area contributed by atoms with Gasteiger partial charge in [0.25, 0.3) is 5.91 Å². The van der Waals surface area contributed by atoms with Crippen LogP contribution in [0.5, 0.6) is 0 Å². The highest BCUT2D eigenvalue weighted by molar-refractivity contribution is 7.80.